The van der Waals surface area contributed by atoms with Crippen LogP contribution in [0.15, 0.2) is 0 Å². The zero-order valence-electron chi connectivity index (χ0n) is 12.3. The molecule has 4 heteroatoms. The Morgan fingerprint density at radius 2 is 1.71 bits per heavy atom. The first-order valence-electron chi connectivity index (χ1n) is 6.36. The highest BCUT2D eigenvalue weighted by Crippen LogP contribution is 1.99. The molecule has 0 fully saturated rings. The molecule has 0 unspecified atom stereocenters. The summed E-state index contributed by atoms with van der Waals surface area (Å²) in [6.45, 7) is 8.94. The number of rotatable bonds is 7. The number of amides is 1. The van der Waals surface area contributed by atoms with Gasteiger partial charge >= 0.3 is 0 Å². The molecular formula is C13H29N3O. The monoisotopic (exact) mass is 243 g/mol. The summed E-state index contributed by atoms with van der Waals surface area (Å²) in [6.07, 6.45) is 1.61. The van der Waals surface area contributed by atoms with Crippen molar-refractivity contribution in [3.63, 3.8) is 0 Å². The van der Waals surface area contributed by atoms with E-state index in [-0.39, 0.29) is 11.4 Å². The number of carbonyl (C=O) groups is 1. The molecule has 1 N–H and O–H groups in total. The van der Waals surface area contributed by atoms with Crippen LogP contribution in [0.5, 0.6) is 0 Å². The summed E-state index contributed by atoms with van der Waals surface area (Å²) >= 11 is 0. The lowest BCUT2D eigenvalue weighted by atomic mass is 10.1. The van der Waals surface area contributed by atoms with E-state index >= 15 is 0 Å². The third-order valence-electron chi connectivity index (χ3n) is 2.52. The van der Waals surface area contributed by atoms with Crippen molar-refractivity contribution >= 4 is 5.91 Å². The quantitative estimate of drug-likeness (QED) is 0.729. The predicted molar refractivity (Wildman–Crippen MR) is 73.2 cm³/mol. The minimum absolute atomic E-state index is 0.0871. The van der Waals surface area contributed by atoms with Gasteiger partial charge in [0, 0.05) is 32.1 Å². The first-order valence-corrected chi connectivity index (χ1v) is 6.36. The van der Waals surface area contributed by atoms with E-state index in [9.17, 15) is 4.79 Å². The van der Waals surface area contributed by atoms with E-state index in [0.717, 1.165) is 26.1 Å². The molecule has 0 heterocycles. The molecule has 17 heavy (non-hydrogen) atoms. The van der Waals surface area contributed by atoms with Crippen molar-refractivity contribution in [2.75, 3.05) is 40.8 Å². The Bertz CT molecular complexity index is 221. The summed E-state index contributed by atoms with van der Waals surface area (Å²) < 4.78 is 0. The topological polar surface area (TPSA) is 35.6 Å². The number of carbonyl (C=O) groups excluding carboxylic acids is 1. The molecule has 0 saturated carbocycles. The lowest BCUT2D eigenvalue weighted by Gasteiger charge is -2.22. The van der Waals surface area contributed by atoms with E-state index in [2.05, 4.69) is 45.1 Å². The van der Waals surface area contributed by atoms with E-state index in [1.54, 1.807) is 0 Å². The van der Waals surface area contributed by atoms with Gasteiger partial charge in [-0.15, -0.1) is 0 Å². The second kappa shape index (κ2) is 7.67. The summed E-state index contributed by atoms with van der Waals surface area (Å²) in [5.41, 5.74) is 0.0871. The fourth-order valence-electron chi connectivity index (χ4n) is 1.48. The zero-order chi connectivity index (χ0) is 13.5. The van der Waals surface area contributed by atoms with Crippen molar-refractivity contribution in [1.82, 2.24) is 15.1 Å². The standard InChI is InChI=1S/C13H29N3O/c1-13(2,3)14-9-8-12(17)16(6)11-7-10-15(4)5/h14H,7-11H2,1-6H3. The first kappa shape index (κ1) is 16.4. The van der Waals surface area contributed by atoms with Gasteiger partial charge in [0.1, 0.15) is 0 Å². The van der Waals surface area contributed by atoms with Crippen molar-refractivity contribution < 1.29 is 4.79 Å². The number of hydrogen-bond acceptors (Lipinski definition) is 3. The highest BCUT2D eigenvalue weighted by Gasteiger charge is 2.11. The molecule has 1 amide bonds. The fourth-order valence-corrected chi connectivity index (χ4v) is 1.48. The normalized spacial score (nSPS) is 11.9. The van der Waals surface area contributed by atoms with Crippen molar-refractivity contribution in [2.45, 2.75) is 39.2 Å². The maximum atomic E-state index is 11.8. The number of nitrogens with one attached hydrogen (secondary N) is 1. The van der Waals surface area contributed by atoms with Crippen LogP contribution in [0.25, 0.3) is 0 Å². The Balaban J connectivity index is 3.68. The van der Waals surface area contributed by atoms with Crippen LogP contribution in [0.3, 0.4) is 0 Å². The van der Waals surface area contributed by atoms with Crippen molar-refractivity contribution in [2.24, 2.45) is 0 Å². The van der Waals surface area contributed by atoms with E-state index in [1.807, 2.05) is 11.9 Å². The molecule has 0 bridgehead atoms. The Morgan fingerprint density at radius 3 is 2.18 bits per heavy atom. The van der Waals surface area contributed by atoms with Gasteiger partial charge in [0.15, 0.2) is 0 Å². The SMILES string of the molecule is CN(C)CCCN(C)C(=O)CCNC(C)(C)C. The molecule has 0 radical (unpaired) electrons. The second-order valence-corrected chi connectivity index (χ2v) is 5.90. The van der Waals surface area contributed by atoms with Gasteiger partial charge in [0.25, 0.3) is 0 Å². The lowest BCUT2D eigenvalue weighted by molar-refractivity contribution is -0.129. The third kappa shape index (κ3) is 10.3. The summed E-state index contributed by atoms with van der Waals surface area (Å²) in [5.74, 6) is 0.223. The average Bonchev–Trinajstić information content (AvgIpc) is 2.14. The molecule has 0 aromatic heterocycles. The summed E-state index contributed by atoms with van der Waals surface area (Å²) in [4.78, 5) is 15.7. The Kier molecular flexibility index (Phi) is 7.39. The van der Waals surface area contributed by atoms with Crippen LogP contribution in [0.2, 0.25) is 0 Å². The largest absolute Gasteiger partial charge is 0.346 e. The van der Waals surface area contributed by atoms with E-state index in [4.69, 9.17) is 0 Å². The molecule has 0 aromatic rings. The molecule has 0 aliphatic carbocycles. The molecule has 0 aliphatic rings. The Labute approximate surface area is 106 Å². The maximum Gasteiger partial charge on any atom is 0.223 e. The molecule has 102 valence electrons. The van der Waals surface area contributed by atoms with E-state index in [0.29, 0.717) is 6.42 Å². The molecule has 0 saturated heterocycles. The van der Waals surface area contributed by atoms with Crippen LogP contribution in [-0.4, -0.2) is 62.0 Å². The van der Waals surface area contributed by atoms with Crippen molar-refractivity contribution in [1.29, 1.82) is 0 Å². The molecule has 0 rings (SSSR count). The molecule has 0 atom stereocenters. The van der Waals surface area contributed by atoms with Gasteiger partial charge in [-0.05, 0) is 47.8 Å². The Morgan fingerprint density at radius 1 is 1.12 bits per heavy atom. The van der Waals surface area contributed by atoms with Gasteiger partial charge in [-0.2, -0.15) is 0 Å². The van der Waals surface area contributed by atoms with Gasteiger partial charge in [0.2, 0.25) is 5.91 Å². The van der Waals surface area contributed by atoms with Crippen LogP contribution in [-0.2, 0) is 4.79 Å². The summed E-state index contributed by atoms with van der Waals surface area (Å²) in [6, 6.07) is 0. The van der Waals surface area contributed by atoms with Gasteiger partial charge in [-0.1, -0.05) is 0 Å². The van der Waals surface area contributed by atoms with Crippen molar-refractivity contribution in [3.05, 3.63) is 0 Å². The van der Waals surface area contributed by atoms with Gasteiger partial charge in [-0.25, -0.2) is 0 Å². The van der Waals surface area contributed by atoms with Gasteiger partial charge < -0.3 is 15.1 Å². The van der Waals surface area contributed by atoms with Crippen LogP contribution < -0.4 is 5.32 Å². The molecule has 0 aromatic carbocycles. The van der Waals surface area contributed by atoms with Gasteiger partial charge in [0.05, 0.1) is 0 Å². The predicted octanol–water partition coefficient (Wildman–Crippen LogP) is 1.17. The van der Waals surface area contributed by atoms with Crippen LogP contribution in [0, 0.1) is 0 Å². The highest BCUT2D eigenvalue weighted by atomic mass is 16.2. The lowest BCUT2D eigenvalue weighted by Crippen LogP contribution is -2.39. The first-order chi connectivity index (χ1) is 7.72. The molecular weight excluding hydrogens is 214 g/mol. The second-order valence-electron chi connectivity index (χ2n) is 5.90. The highest BCUT2D eigenvalue weighted by molar-refractivity contribution is 5.76. The molecule has 4 nitrogen and oxygen atoms in total. The van der Waals surface area contributed by atoms with Crippen LogP contribution in [0.1, 0.15) is 33.6 Å². The van der Waals surface area contributed by atoms with E-state index in [1.165, 1.54) is 0 Å². The zero-order valence-corrected chi connectivity index (χ0v) is 12.3. The Hall–Kier alpha value is -0.610. The molecule has 0 spiro atoms. The molecule has 0 aliphatic heterocycles. The number of hydrogen-bond donors (Lipinski definition) is 1. The average molecular weight is 243 g/mol. The fraction of sp³-hybridized carbons (Fsp3) is 0.923. The number of nitrogens with zero attached hydrogens (tertiary/aromatic N) is 2. The summed E-state index contributed by atoms with van der Waals surface area (Å²) in [5, 5.41) is 3.33. The maximum absolute atomic E-state index is 11.8. The summed E-state index contributed by atoms with van der Waals surface area (Å²) in [7, 11) is 5.99. The third-order valence-corrected chi connectivity index (χ3v) is 2.52. The van der Waals surface area contributed by atoms with Gasteiger partial charge in [-0.3, -0.25) is 4.79 Å². The minimum Gasteiger partial charge on any atom is -0.346 e. The van der Waals surface area contributed by atoms with Crippen molar-refractivity contribution in [3.8, 4) is 0 Å². The minimum atomic E-state index is 0.0871. The van der Waals surface area contributed by atoms with Crippen LogP contribution >= 0.6 is 0 Å². The van der Waals surface area contributed by atoms with Crippen LogP contribution in [0.4, 0.5) is 0 Å². The van der Waals surface area contributed by atoms with E-state index < -0.39 is 0 Å². The smallest absolute Gasteiger partial charge is 0.223 e.